The first-order chi connectivity index (χ1) is 12.4. The molecular formula is C19H17F3N2O2. The van der Waals surface area contributed by atoms with Gasteiger partial charge in [-0.25, -0.2) is 13.2 Å². The van der Waals surface area contributed by atoms with Crippen molar-refractivity contribution in [2.75, 3.05) is 5.32 Å². The van der Waals surface area contributed by atoms with Gasteiger partial charge >= 0.3 is 0 Å². The third-order valence-corrected chi connectivity index (χ3v) is 4.42. The monoisotopic (exact) mass is 362 g/mol. The van der Waals surface area contributed by atoms with Gasteiger partial charge in [-0.15, -0.1) is 0 Å². The molecule has 4 nitrogen and oxygen atoms in total. The first-order valence-electron chi connectivity index (χ1n) is 8.18. The molecule has 1 saturated carbocycles. The zero-order valence-electron chi connectivity index (χ0n) is 13.9. The highest BCUT2D eigenvalue weighted by Gasteiger charge is 2.48. The molecule has 2 N–H and O–H groups in total. The van der Waals surface area contributed by atoms with Crippen LogP contribution in [0.3, 0.4) is 0 Å². The van der Waals surface area contributed by atoms with Crippen molar-refractivity contribution in [2.24, 2.45) is 11.8 Å². The normalized spacial score (nSPS) is 19.5. The first kappa shape index (κ1) is 18.0. The summed E-state index contributed by atoms with van der Waals surface area (Å²) in [6.45, 7) is 1.83. The van der Waals surface area contributed by atoms with Gasteiger partial charge in [-0.3, -0.25) is 9.59 Å². The molecule has 0 aromatic heterocycles. The number of hydrogen-bond acceptors (Lipinski definition) is 2. The SMILES string of the molecule is CC(NC(=O)C1CC1C(=O)Nc1ccc(F)c(F)c1F)c1ccccc1. The Labute approximate surface area is 148 Å². The van der Waals surface area contributed by atoms with E-state index in [-0.39, 0.29) is 11.9 Å². The van der Waals surface area contributed by atoms with Crippen molar-refractivity contribution in [3.05, 3.63) is 65.5 Å². The van der Waals surface area contributed by atoms with Gasteiger partial charge < -0.3 is 10.6 Å². The van der Waals surface area contributed by atoms with Crippen LogP contribution in [0.5, 0.6) is 0 Å². The van der Waals surface area contributed by atoms with Crippen LogP contribution < -0.4 is 10.6 Å². The van der Waals surface area contributed by atoms with E-state index in [0.717, 1.165) is 17.7 Å². The molecule has 2 aromatic rings. The third kappa shape index (κ3) is 3.71. The highest BCUT2D eigenvalue weighted by Crippen LogP contribution is 2.40. The van der Waals surface area contributed by atoms with Crippen LogP contribution in [0.2, 0.25) is 0 Å². The zero-order valence-corrected chi connectivity index (χ0v) is 13.9. The van der Waals surface area contributed by atoms with Crippen LogP contribution in [0, 0.1) is 29.3 Å². The highest BCUT2D eigenvalue weighted by molar-refractivity contribution is 5.99. The number of hydrogen-bond donors (Lipinski definition) is 2. The predicted molar refractivity (Wildman–Crippen MR) is 89.5 cm³/mol. The van der Waals surface area contributed by atoms with Crippen molar-refractivity contribution in [3.63, 3.8) is 0 Å². The Hall–Kier alpha value is -2.83. The summed E-state index contributed by atoms with van der Waals surface area (Å²) in [4.78, 5) is 24.4. The van der Waals surface area contributed by atoms with E-state index in [2.05, 4.69) is 10.6 Å². The maximum absolute atomic E-state index is 13.6. The summed E-state index contributed by atoms with van der Waals surface area (Å²) in [5.74, 6) is -6.45. The first-order valence-corrected chi connectivity index (χ1v) is 8.18. The molecule has 26 heavy (non-hydrogen) atoms. The maximum atomic E-state index is 13.6. The highest BCUT2D eigenvalue weighted by atomic mass is 19.2. The Bertz CT molecular complexity index is 842. The quantitative estimate of drug-likeness (QED) is 0.799. The number of rotatable bonds is 5. The molecule has 0 saturated heterocycles. The minimum absolute atomic E-state index is 0.211. The lowest BCUT2D eigenvalue weighted by Crippen LogP contribution is -2.30. The predicted octanol–water partition coefficient (Wildman–Crippen LogP) is 3.56. The van der Waals surface area contributed by atoms with Gasteiger partial charge in [0.2, 0.25) is 11.8 Å². The number of carbonyl (C=O) groups is 2. The van der Waals surface area contributed by atoms with Crippen molar-refractivity contribution in [1.29, 1.82) is 0 Å². The third-order valence-electron chi connectivity index (χ3n) is 4.42. The molecule has 1 aliphatic rings. The lowest BCUT2D eigenvalue weighted by Gasteiger charge is -2.14. The average molecular weight is 362 g/mol. The molecule has 7 heteroatoms. The molecule has 1 aliphatic carbocycles. The Kier molecular flexibility index (Phi) is 4.97. The minimum atomic E-state index is -1.65. The zero-order chi connectivity index (χ0) is 18.8. The Morgan fingerprint density at radius 3 is 2.31 bits per heavy atom. The largest absolute Gasteiger partial charge is 0.349 e. The number of benzene rings is 2. The van der Waals surface area contributed by atoms with E-state index in [4.69, 9.17) is 0 Å². The van der Waals surface area contributed by atoms with Crippen LogP contribution in [0.4, 0.5) is 18.9 Å². The molecule has 0 bridgehead atoms. The summed E-state index contributed by atoms with van der Waals surface area (Å²) in [7, 11) is 0. The van der Waals surface area contributed by atoms with Crippen molar-refractivity contribution in [3.8, 4) is 0 Å². The molecule has 0 spiro atoms. The second kappa shape index (κ2) is 7.19. The van der Waals surface area contributed by atoms with E-state index in [9.17, 15) is 22.8 Å². The molecule has 2 amide bonds. The van der Waals surface area contributed by atoms with Gasteiger partial charge in [0.25, 0.3) is 0 Å². The van der Waals surface area contributed by atoms with Gasteiger partial charge in [0.05, 0.1) is 23.6 Å². The smallest absolute Gasteiger partial charge is 0.228 e. The van der Waals surface area contributed by atoms with E-state index < -0.39 is 40.9 Å². The van der Waals surface area contributed by atoms with E-state index in [1.54, 1.807) is 0 Å². The summed E-state index contributed by atoms with van der Waals surface area (Å²) in [6.07, 6.45) is 0.324. The Balaban J connectivity index is 1.57. The van der Waals surface area contributed by atoms with Gasteiger partial charge in [-0.05, 0) is 31.0 Å². The molecule has 3 unspecified atom stereocenters. The van der Waals surface area contributed by atoms with E-state index in [1.807, 2.05) is 37.3 Å². The van der Waals surface area contributed by atoms with E-state index in [0.29, 0.717) is 6.42 Å². The Morgan fingerprint density at radius 2 is 1.62 bits per heavy atom. The van der Waals surface area contributed by atoms with Gasteiger partial charge in [0.15, 0.2) is 17.5 Å². The summed E-state index contributed by atoms with van der Waals surface area (Å²) >= 11 is 0. The molecule has 1 fully saturated rings. The summed E-state index contributed by atoms with van der Waals surface area (Å²) in [5, 5.41) is 5.04. The molecule has 0 heterocycles. The lowest BCUT2D eigenvalue weighted by atomic mass is 10.1. The molecule has 3 atom stereocenters. The Morgan fingerprint density at radius 1 is 0.962 bits per heavy atom. The molecule has 0 radical (unpaired) electrons. The topological polar surface area (TPSA) is 58.2 Å². The van der Waals surface area contributed by atoms with Gasteiger partial charge in [0, 0.05) is 0 Å². The number of anilines is 1. The van der Waals surface area contributed by atoms with Crippen LogP contribution in [0.15, 0.2) is 42.5 Å². The molecule has 2 aromatic carbocycles. The van der Waals surface area contributed by atoms with Gasteiger partial charge in [-0.2, -0.15) is 0 Å². The van der Waals surface area contributed by atoms with Gasteiger partial charge in [-0.1, -0.05) is 30.3 Å². The van der Waals surface area contributed by atoms with E-state index >= 15 is 0 Å². The summed E-state index contributed by atoms with van der Waals surface area (Å²) in [5.41, 5.74) is 0.490. The summed E-state index contributed by atoms with van der Waals surface area (Å²) < 4.78 is 39.7. The number of amides is 2. The van der Waals surface area contributed by atoms with E-state index in [1.165, 1.54) is 0 Å². The van der Waals surface area contributed by atoms with Crippen molar-refractivity contribution < 1.29 is 22.8 Å². The number of nitrogens with one attached hydrogen (secondary N) is 2. The second-order valence-electron chi connectivity index (χ2n) is 6.30. The second-order valence-corrected chi connectivity index (χ2v) is 6.30. The van der Waals surface area contributed by atoms with Crippen LogP contribution in [0.1, 0.15) is 24.9 Å². The van der Waals surface area contributed by atoms with Crippen molar-refractivity contribution >= 4 is 17.5 Å². The number of halogens is 3. The molecule has 0 aliphatic heterocycles. The lowest BCUT2D eigenvalue weighted by molar-refractivity contribution is -0.125. The van der Waals surface area contributed by atoms with Gasteiger partial charge in [0.1, 0.15) is 0 Å². The fraction of sp³-hybridized carbons (Fsp3) is 0.263. The van der Waals surface area contributed by atoms with Crippen molar-refractivity contribution in [2.45, 2.75) is 19.4 Å². The minimum Gasteiger partial charge on any atom is -0.349 e. The molecular weight excluding hydrogens is 345 g/mol. The fourth-order valence-corrected chi connectivity index (χ4v) is 2.77. The standard InChI is InChI=1S/C19H17F3N2O2/c1-10(11-5-3-2-4-6-11)23-18(25)12-9-13(12)19(26)24-15-8-7-14(20)16(21)17(15)22/h2-8,10,12-13H,9H2,1H3,(H,23,25)(H,24,26). The van der Waals surface area contributed by atoms with Crippen molar-refractivity contribution in [1.82, 2.24) is 5.32 Å². The summed E-state index contributed by atoms with van der Waals surface area (Å²) in [6, 6.07) is 10.8. The van der Waals surface area contributed by atoms with Crippen LogP contribution in [-0.2, 0) is 9.59 Å². The average Bonchev–Trinajstić information content (AvgIpc) is 3.44. The fourth-order valence-electron chi connectivity index (χ4n) is 2.77. The molecule has 3 rings (SSSR count). The maximum Gasteiger partial charge on any atom is 0.228 e. The van der Waals surface area contributed by atoms with Crippen LogP contribution in [-0.4, -0.2) is 11.8 Å². The molecule has 136 valence electrons. The number of carbonyl (C=O) groups excluding carboxylic acids is 2. The van der Waals surface area contributed by atoms with Crippen LogP contribution in [0.25, 0.3) is 0 Å². The van der Waals surface area contributed by atoms with Crippen LogP contribution >= 0.6 is 0 Å².